The van der Waals surface area contributed by atoms with Gasteiger partial charge in [0.2, 0.25) is 0 Å². The van der Waals surface area contributed by atoms with Crippen LogP contribution < -0.4 is 0 Å². The first-order valence-electron chi connectivity index (χ1n) is 6.91. The Morgan fingerprint density at radius 1 is 1.32 bits per heavy atom. The fourth-order valence-corrected chi connectivity index (χ4v) is 4.18. The van der Waals surface area contributed by atoms with Gasteiger partial charge in [-0.3, -0.25) is 9.30 Å². The molecular weight excluding hydrogens is 302 g/mol. The van der Waals surface area contributed by atoms with Crippen LogP contribution in [0.3, 0.4) is 0 Å². The summed E-state index contributed by atoms with van der Waals surface area (Å²) in [6.07, 6.45) is 2.06. The molecule has 1 saturated heterocycles. The predicted molar refractivity (Wildman–Crippen MR) is 78.9 cm³/mol. The van der Waals surface area contributed by atoms with E-state index in [-0.39, 0.29) is 0 Å². The van der Waals surface area contributed by atoms with Crippen LogP contribution in [-0.2, 0) is 6.54 Å². The second kappa shape index (κ2) is 3.83. The van der Waals surface area contributed by atoms with Gasteiger partial charge < -0.3 is 0 Å². The van der Waals surface area contributed by atoms with Crippen LogP contribution in [-0.4, -0.2) is 27.4 Å². The molecule has 4 rings (SSSR count). The number of rotatable bonds is 2. The van der Waals surface area contributed by atoms with Crippen molar-refractivity contribution in [1.82, 2.24) is 14.3 Å². The van der Waals surface area contributed by atoms with E-state index in [4.69, 9.17) is 4.98 Å². The quantitative estimate of drug-likeness (QED) is 0.847. The molecule has 2 aromatic heterocycles. The van der Waals surface area contributed by atoms with Crippen molar-refractivity contribution in [1.29, 1.82) is 0 Å². The molecule has 0 bridgehead atoms. The topological polar surface area (TPSA) is 20.5 Å². The van der Waals surface area contributed by atoms with Gasteiger partial charge in [-0.15, -0.1) is 0 Å². The number of halogens is 1. The Bertz CT molecular complexity index is 632. The lowest BCUT2D eigenvalue weighted by molar-refractivity contribution is 0.249. The molecule has 2 aliphatic rings. The Kier molecular flexibility index (Phi) is 2.40. The number of aromatic nitrogens is 2. The van der Waals surface area contributed by atoms with Gasteiger partial charge in [-0.05, 0) is 45.3 Å². The Hall–Kier alpha value is -0.870. The van der Waals surface area contributed by atoms with Crippen LogP contribution in [0, 0.1) is 17.3 Å². The second-order valence-electron chi connectivity index (χ2n) is 6.51. The van der Waals surface area contributed by atoms with Crippen LogP contribution in [0.25, 0.3) is 5.65 Å². The molecule has 100 valence electrons. The smallest absolute Gasteiger partial charge is 0.137 e. The zero-order valence-electron chi connectivity index (χ0n) is 11.3. The standard InChI is InChI=1S/C15H18BrN3/c1-15(2)10-7-18(8-11(10)15)9-12-14(16)19-6-4-3-5-13(19)17-12/h3-6,10-11H,7-9H2,1-2H3. The van der Waals surface area contributed by atoms with Crippen molar-refractivity contribution in [2.45, 2.75) is 20.4 Å². The molecule has 0 amide bonds. The second-order valence-corrected chi connectivity index (χ2v) is 7.26. The number of nitrogens with zero attached hydrogens (tertiary/aromatic N) is 3. The first-order valence-corrected chi connectivity index (χ1v) is 7.70. The third-order valence-electron chi connectivity index (χ3n) is 5.11. The molecular formula is C15H18BrN3. The van der Waals surface area contributed by atoms with Gasteiger partial charge >= 0.3 is 0 Å². The van der Waals surface area contributed by atoms with Crippen molar-refractivity contribution >= 4 is 21.6 Å². The molecule has 1 aliphatic heterocycles. The molecule has 0 spiro atoms. The summed E-state index contributed by atoms with van der Waals surface area (Å²) in [6.45, 7) is 8.24. The molecule has 2 unspecified atom stereocenters. The molecule has 2 atom stereocenters. The molecule has 3 heterocycles. The molecule has 0 aromatic carbocycles. The van der Waals surface area contributed by atoms with E-state index < -0.39 is 0 Å². The molecule has 2 aromatic rings. The minimum atomic E-state index is 0.590. The fourth-order valence-electron chi connectivity index (χ4n) is 3.67. The summed E-state index contributed by atoms with van der Waals surface area (Å²) in [4.78, 5) is 7.28. The zero-order chi connectivity index (χ0) is 13.2. The van der Waals surface area contributed by atoms with Crippen LogP contribution in [0.15, 0.2) is 29.0 Å². The van der Waals surface area contributed by atoms with Gasteiger partial charge in [0.05, 0.1) is 5.69 Å². The highest BCUT2D eigenvalue weighted by molar-refractivity contribution is 9.10. The van der Waals surface area contributed by atoms with Gasteiger partial charge in [0.15, 0.2) is 0 Å². The summed E-state index contributed by atoms with van der Waals surface area (Å²) >= 11 is 3.68. The Balaban J connectivity index is 1.55. The summed E-state index contributed by atoms with van der Waals surface area (Å²) in [5.41, 5.74) is 2.77. The zero-order valence-corrected chi connectivity index (χ0v) is 12.9. The minimum absolute atomic E-state index is 0.590. The Labute approximate surface area is 121 Å². The molecule has 0 N–H and O–H groups in total. The summed E-state index contributed by atoms with van der Waals surface area (Å²) in [5, 5.41) is 0. The monoisotopic (exact) mass is 319 g/mol. The van der Waals surface area contributed by atoms with Gasteiger partial charge in [0.1, 0.15) is 10.3 Å². The van der Waals surface area contributed by atoms with E-state index in [2.05, 4.69) is 51.3 Å². The van der Waals surface area contributed by atoms with E-state index in [0.29, 0.717) is 5.41 Å². The van der Waals surface area contributed by atoms with Crippen molar-refractivity contribution in [3.63, 3.8) is 0 Å². The summed E-state index contributed by atoms with van der Waals surface area (Å²) < 4.78 is 3.21. The van der Waals surface area contributed by atoms with E-state index in [1.54, 1.807) is 0 Å². The highest BCUT2D eigenvalue weighted by Gasteiger charge is 2.61. The van der Waals surface area contributed by atoms with Crippen molar-refractivity contribution in [2.24, 2.45) is 17.3 Å². The molecule has 2 fully saturated rings. The summed E-state index contributed by atoms with van der Waals surface area (Å²) in [7, 11) is 0. The fraction of sp³-hybridized carbons (Fsp3) is 0.533. The SMILES string of the molecule is CC1(C)C2CN(Cc3nc4ccccn4c3Br)CC21. The predicted octanol–water partition coefficient (Wildman–Crippen LogP) is 3.18. The molecule has 0 radical (unpaired) electrons. The minimum Gasteiger partial charge on any atom is -0.297 e. The van der Waals surface area contributed by atoms with Crippen LogP contribution in [0.4, 0.5) is 0 Å². The van der Waals surface area contributed by atoms with E-state index in [9.17, 15) is 0 Å². The number of imidazole rings is 1. The lowest BCUT2D eigenvalue weighted by atomic mass is 10.1. The van der Waals surface area contributed by atoms with Crippen molar-refractivity contribution in [2.75, 3.05) is 13.1 Å². The molecule has 3 nitrogen and oxygen atoms in total. The normalized spacial score (nSPS) is 28.8. The Morgan fingerprint density at radius 2 is 2.05 bits per heavy atom. The third-order valence-corrected chi connectivity index (χ3v) is 5.95. The summed E-state index contributed by atoms with van der Waals surface area (Å²) in [5.74, 6) is 1.81. The largest absolute Gasteiger partial charge is 0.297 e. The summed E-state index contributed by atoms with van der Waals surface area (Å²) in [6, 6.07) is 6.13. The molecule has 4 heteroatoms. The average Bonchev–Trinajstić information content (AvgIpc) is 2.78. The van der Waals surface area contributed by atoms with Gasteiger partial charge in [-0.2, -0.15) is 0 Å². The van der Waals surface area contributed by atoms with Gasteiger partial charge in [-0.25, -0.2) is 4.98 Å². The average molecular weight is 320 g/mol. The Morgan fingerprint density at radius 3 is 2.74 bits per heavy atom. The first-order chi connectivity index (χ1) is 9.07. The molecule has 1 aliphatic carbocycles. The lowest BCUT2D eigenvalue weighted by Crippen LogP contribution is -2.26. The first kappa shape index (κ1) is 11.9. The van der Waals surface area contributed by atoms with E-state index in [1.165, 1.54) is 13.1 Å². The maximum atomic E-state index is 4.73. The molecule has 19 heavy (non-hydrogen) atoms. The highest BCUT2D eigenvalue weighted by Crippen LogP contribution is 2.62. The van der Waals surface area contributed by atoms with Gasteiger partial charge in [-0.1, -0.05) is 19.9 Å². The van der Waals surface area contributed by atoms with Crippen LogP contribution >= 0.6 is 15.9 Å². The van der Waals surface area contributed by atoms with Crippen LogP contribution in [0.5, 0.6) is 0 Å². The number of pyridine rings is 1. The number of hydrogen-bond acceptors (Lipinski definition) is 2. The maximum absolute atomic E-state index is 4.73. The third kappa shape index (κ3) is 1.69. The van der Waals surface area contributed by atoms with Crippen molar-refractivity contribution in [3.8, 4) is 0 Å². The maximum Gasteiger partial charge on any atom is 0.137 e. The highest BCUT2D eigenvalue weighted by atomic mass is 79.9. The van der Waals surface area contributed by atoms with Gasteiger partial charge in [0.25, 0.3) is 0 Å². The van der Waals surface area contributed by atoms with Gasteiger partial charge in [0, 0.05) is 25.8 Å². The van der Waals surface area contributed by atoms with Crippen LogP contribution in [0.2, 0.25) is 0 Å². The number of hydrogen-bond donors (Lipinski definition) is 0. The van der Waals surface area contributed by atoms with Crippen molar-refractivity contribution < 1.29 is 0 Å². The number of likely N-dealkylation sites (tertiary alicyclic amines) is 1. The van der Waals surface area contributed by atoms with Crippen LogP contribution in [0.1, 0.15) is 19.5 Å². The van der Waals surface area contributed by atoms with E-state index in [0.717, 1.165) is 34.3 Å². The number of piperidine rings is 1. The van der Waals surface area contributed by atoms with E-state index in [1.807, 2.05) is 12.1 Å². The molecule has 1 saturated carbocycles. The van der Waals surface area contributed by atoms with E-state index >= 15 is 0 Å². The lowest BCUT2D eigenvalue weighted by Gasteiger charge is -2.20. The van der Waals surface area contributed by atoms with Crippen molar-refractivity contribution in [3.05, 3.63) is 34.7 Å². The number of fused-ring (bicyclic) bond motifs is 2.